The lowest BCUT2D eigenvalue weighted by molar-refractivity contribution is 0.102. The van der Waals surface area contributed by atoms with Gasteiger partial charge in [0.1, 0.15) is 11.5 Å². The fourth-order valence-electron chi connectivity index (χ4n) is 2.97. The van der Waals surface area contributed by atoms with Crippen molar-refractivity contribution in [3.8, 4) is 11.8 Å². The highest BCUT2D eigenvalue weighted by molar-refractivity contribution is 6.12. The molecule has 5 heteroatoms. The van der Waals surface area contributed by atoms with E-state index in [0.717, 1.165) is 5.56 Å². The lowest BCUT2D eigenvalue weighted by Gasteiger charge is -2.09. The Labute approximate surface area is 167 Å². The number of fused-ring (bicyclic) bond motifs is 1. The molecular formula is C24H16FN3O. The van der Waals surface area contributed by atoms with Crippen LogP contribution < -0.4 is 5.32 Å². The third-order valence-electron chi connectivity index (χ3n) is 4.26. The summed E-state index contributed by atoms with van der Waals surface area (Å²) in [5.41, 5.74) is 3.58. The standard InChI is InChI=1S/C24H16FN3O/c1-16-13-22(21-11-9-18(25)15-23(21)27-16)24(29)28-20-7-4-5-17(14-20)8-10-19-6-2-3-12-26-19/h2-7,9,11-15H,1H3,(H,28,29). The molecule has 0 radical (unpaired) electrons. The second-order valence-electron chi connectivity index (χ2n) is 6.47. The van der Waals surface area contributed by atoms with Crippen LogP contribution in [0.15, 0.2) is 72.9 Å². The first-order valence-electron chi connectivity index (χ1n) is 9.00. The van der Waals surface area contributed by atoms with Crippen molar-refractivity contribution < 1.29 is 9.18 Å². The number of hydrogen-bond acceptors (Lipinski definition) is 3. The number of anilines is 1. The summed E-state index contributed by atoms with van der Waals surface area (Å²) in [6, 6.07) is 18.7. The maximum Gasteiger partial charge on any atom is 0.256 e. The molecule has 0 aliphatic heterocycles. The molecule has 0 saturated heterocycles. The Balaban J connectivity index is 1.61. The summed E-state index contributed by atoms with van der Waals surface area (Å²) >= 11 is 0. The molecule has 4 nitrogen and oxygen atoms in total. The molecule has 140 valence electrons. The number of carbonyl (C=O) groups is 1. The number of halogens is 1. The van der Waals surface area contributed by atoms with E-state index in [9.17, 15) is 9.18 Å². The zero-order chi connectivity index (χ0) is 20.2. The number of nitrogens with zero attached hydrogens (tertiary/aromatic N) is 2. The van der Waals surface area contributed by atoms with Crippen molar-refractivity contribution in [3.63, 3.8) is 0 Å². The van der Waals surface area contributed by atoms with E-state index >= 15 is 0 Å². The Hall–Kier alpha value is -4.04. The molecule has 4 rings (SSSR count). The van der Waals surface area contributed by atoms with Gasteiger partial charge in [-0.2, -0.15) is 0 Å². The smallest absolute Gasteiger partial charge is 0.256 e. The molecule has 2 aromatic carbocycles. The van der Waals surface area contributed by atoms with Crippen LogP contribution in [-0.2, 0) is 0 Å². The molecule has 0 atom stereocenters. The molecule has 0 fully saturated rings. The van der Waals surface area contributed by atoms with Crippen LogP contribution >= 0.6 is 0 Å². The topological polar surface area (TPSA) is 54.9 Å². The van der Waals surface area contributed by atoms with Crippen molar-refractivity contribution in [1.82, 2.24) is 9.97 Å². The highest BCUT2D eigenvalue weighted by Gasteiger charge is 2.13. The van der Waals surface area contributed by atoms with Crippen molar-refractivity contribution in [2.75, 3.05) is 5.32 Å². The van der Waals surface area contributed by atoms with Crippen LogP contribution in [0.4, 0.5) is 10.1 Å². The largest absolute Gasteiger partial charge is 0.322 e. The van der Waals surface area contributed by atoms with Gasteiger partial charge in [-0.3, -0.25) is 9.78 Å². The van der Waals surface area contributed by atoms with Gasteiger partial charge in [-0.1, -0.05) is 18.1 Å². The second kappa shape index (κ2) is 7.91. The molecule has 1 N–H and O–H groups in total. The summed E-state index contributed by atoms with van der Waals surface area (Å²) in [4.78, 5) is 21.4. The van der Waals surface area contributed by atoms with Crippen LogP contribution in [0.1, 0.15) is 27.3 Å². The number of benzene rings is 2. The Morgan fingerprint density at radius 2 is 1.90 bits per heavy atom. The van der Waals surface area contributed by atoms with Gasteiger partial charge in [0, 0.05) is 34.6 Å². The molecule has 0 aliphatic rings. The van der Waals surface area contributed by atoms with Crippen LogP contribution in [-0.4, -0.2) is 15.9 Å². The lowest BCUT2D eigenvalue weighted by atomic mass is 10.1. The molecule has 0 unspecified atom stereocenters. The van der Waals surface area contributed by atoms with Crippen molar-refractivity contribution in [2.45, 2.75) is 6.92 Å². The summed E-state index contributed by atoms with van der Waals surface area (Å²) in [5.74, 6) is 5.36. The normalized spacial score (nSPS) is 10.3. The molecule has 1 amide bonds. The van der Waals surface area contributed by atoms with E-state index in [1.165, 1.54) is 12.1 Å². The van der Waals surface area contributed by atoms with Gasteiger partial charge in [0.25, 0.3) is 5.91 Å². The van der Waals surface area contributed by atoms with Crippen LogP contribution in [0.25, 0.3) is 10.9 Å². The van der Waals surface area contributed by atoms with E-state index in [-0.39, 0.29) is 11.7 Å². The average molecular weight is 381 g/mol. The van der Waals surface area contributed by atoms with Gasteiger partial charge in [0.15, 0.2) is 0 Å². The predicted octanol–water partition coefficient (Wildman–Crippen LogP) is 4.73. The number of hydrogen-bond donors (Lipinski definition) is 1. The predicted molar refractivity (Wildman–Crippen MR) is 111 cm³/mol. The Morgan fingerprint density at radius 3 is 2.72 bits per heavy atom. The maximum atomic E-state index is 13.5. The molecule has 0 spiro atoms. The fourth-order valence-corrected chi connectivity index (χ4v) is 2.97. The minimum absolute atomic E-state index is 0.290. The highest BCUT2D eigenvalue weighted by atomic mass is 19.1. The molecule has 0 aliphatic carbocycles. The number of amides is 1. The maximum absolute atomic E-state index is 13.5. The number of aromatic nitrogens is 2. The van der Waals surface area contributed by atoms with Gasteiger partial charge in [-0.05, 0) is 61.4 Å². The minimum Gasteiger partial charge on any atom is -0.322 e. The molecule has 0 saturated carbocycles. The number of carbonyl (C=O) groups excluding carboxylic acids is 1. The van der Waals surface area contributed by atoms with Gasteiger partial charge in [-0.25, -0.2) is 9.37 Å². The highest BCUT2D eigenvalue weighted by Crippen LogP contribution is 2.21. The average Bonchev–Trinajstić information content (AvgIpc) is 2.72. The summed E-state index contributed by atoms with van der Waals surface area (Å²) in [7, 11) is 0. The third-order valence-corrected chi connectivity index (χ3v) is 4.26. The van der Waals surface area contributed by atoms with Gasteiger partial charge >= 0.3 is 0 Å². The molecule has 2 aromatic heterocycles. The van der Waals surface area contributed by atoms with Gasteiger partial charge < -0.3 is 5.32 Å². The molecule has 2 heterocycles. The number of pyridine rings is 2. The Bertz CT molecular complexity index is 1270. The summed E-state index contributed by atoms with van der Waals surface area (Å²) in [6.07, 6.45) is 1.69. The zero-order valence-corrected chi connectivity index (χ0v) is 15.6. The number of nitrogens with one attached hydrogen (secondary N) is 1. The first-order chi connectivity index (χ1) is 14.1. The van der Waals surface area contributed by atoms with E-state index in [1.54, 1.807) is 37.4 Å². The van der Waals surface area contributed by atoms with Gasteiger partial charge in [0.2, 0.25) is 0 Å². The quantitative estimate of drug-likeness (QED) is 0.511. The SMILES string of the molecule is Cc1cc(C(=O)Nc2cccc(C#Cc3ccccn3)c2)c2ccc(F)cc2n1. The fraction of sp³-hybridized carbons (Fsp3) is 0.0417. The summed E-state index contributed by atoms with van der Waals surface area (Å²) in [6.45, 7) is 1.77. The Kier molecular flexibility index (Phi) is 5.00. The molecule has 4 aromatic rings. The first kappa shape index (κ1) is 18.3. The van der Waals surface area contributed by atoms with Crippen molar-refractivity contribution in [3.05, 3.63) is 101 Å². The molecule has 0 bridgehead atoms. The number of aryl methyl sites for hydroxylation is 1. The minimum atomic E-state index is -0.388. The third kappa shape index (κ3) is 4.28. The number of rotatable bonds is 2. The van der Waals surface area contributed by atoms with Gasteiger partial charge in [-0.15, -0.1) is 0 Å². The lowest BCUT2D eigenvalue weighted by Crippen LogP contribution is -2.13. The van der Waals surface area contributed by atoms with Crippen molar-refractivity contribution in [2.24, 2.45) is 0 Å². The molecule has 29 heavy (non-hydrogen) atoms. The van der Waals surface area contributed by atoms with E-state index in [1.807, 2.05) is 30.3 Å². The first-order valence-corrected chi connectivity index (χ1v) is 9.00. The van der Waals surface area contributed by atoms with E-state index in [4.69, 9.17) is 0 Å². The van der Waals surface area contributed by atoms with Crippen LogP contribution in [0, 0.1) is 24.6 Å². The summed E-state index contributed by atoms with van der Waals surface area (Å²) in [5, 5.41) is 3.48. The van der Waals surface area contributed by atoms with Crippen molar-refractivity contribution >= 4 is 22.5 Å². The monoisotopic (exact) mass is 381 g/mol. The van der Waals surface area contributed by atoms with E-state index < -0.39 is 0 Å². The van der Waals surface area contributed by atoms with Crippen LogP contribution in [0.2, 0.25) is 0 Å². The van der Waals surface area contributed by atoms with Crippen LogP contribution in [0.3, 0.4) is 0 Å². The Morgan fingerprint density at radius 1 is 1.00 bits per heavy atom. The van der Waals surface area contributed by atoms with E-state index in [0.29, 0.717) is 33.5 Å². The zero-order valence-electron chi connectivity index (χ0n) is 15.6. The molecular weight excluding hydrogens is 365 g/mol. The van der Waals surface area contributed by atoms with Crippen LogP contribution in [0.5, 0.6) is 0 Å². The second-order valence-corrected chi connectivity index (χ2v) is 6.47. The van der Waals surface area contributed by atoms with E-state index in [2.05, 4.69) is 27.1 Å². The van der Waals surface area contributed by atoms with Crippen molar-refractivity contribution in [1.29, 1.82) is 0 Å². The van der Waals surface area contributed by atoms with Gasteiger partial charge in [0.05, 0.1) is 11.1 Å². The summed E-state index contributed by atoms with van der Waals surface area (Å²) < 4.78 is 13.5.